The van der Waals surface area contributed by atoms with E-state index in [9.17, 15) is 4.79 Å². The number of nitrogens with zero attached hydrogens (tertiary/aromatic N) is 1. The van der Waals surface area contributed by atoms with E-state index in [-0.39, 0.29) is 18.7 Å². The van der Waals surface area contributed by atoms with Gasteiger partial charge in [0.1, 0.15) is 0 Å². The van der Waals surface area contributed by atoms with Crippen LogP contribution in [0.5, 0.6) is 0 Å². The van der Waals surface area contributed by atoms with Crippen molar-refractivity contribution in [3.8, 4) is 0 Å². The summed E-state index contributed by atoms with van der Waals surface area (Å²) in [6, 6.07) is 10.8. The SMILES string of the molecule is CCC(CCO)NC(=O)NCC1CCCN1Cc1ccccc1. The highest BCUT2D eigenvalue weighted by molar-refractivity contribution is 5.74. The highest BCUT2D eigenvalue weighted by atomic mass is 16.3. The Morgan fingerprint density at radius 3 is 2.87 bits per heavy atom. The molecule has 0 aliphatic carbocycles. The first-order valence-corrected chi connectivity index (χ1v) is 8.66. The minimum absolute atomic E-state index is 0.0454. The van der Waals surface area contributed by atoms with Crippen LogP contribution in [0.2, 0.25) is 0 Å². The molecule has 1 aromatic carbocycles. The van der Waals surface area contributed by atoms with Crippen molar-refractivity contribution in [2.24, 2.45) is 0 Å². The van der Waals surface area contributed by atoms with Crippen molar-refractivity contribution in [3.63, 3.8) is 0 Å². The molecule has 0 radical (unpaired) electrons. The molecule has 1 saturated heterocycles. The first-order valence-electron chi connectivity index (χ1n) is 8.66. The van der Waals surface area contributed by atoms with Crippen LogP contribution in [0.15, 0.2) is 30.3 Å². The Morgan fingerprint density at radius 2 is 2.17 bits per heavy atom. The number of amides is 2. The molecule has 1 aliphatic heterocycles. The van der Waals surface area contributed by atoms with Gasteiger partial charge in [0.05, 0.1) is 0 Å². The van der Waals surface area contributed by atoms with E-state index < -0.39 is 0 Å². The third-order valence-corrected chi connectivity index (χ3v) is 4.53. The average Bonchev–Trinajstić information content (AvgIpc) is 3.00. The van der Waals surface area contributed by atoms with E-state index in [1.54, 1.807) is 0 Å². The smallest absolute Gasteiger partial charge is 0.315 e. The Bertz CT molecular complexity index is 467. The minimum Gasteiger partial charge on any atom is -0.396 e. The number of hydrogen-bond acceptors (Lipinski definition) is 3. The molecule has 3 N–H and O–H groups in total. The molecule has 5 heteroatoms. The molecule has 1 aliphatic rings. The standard InChI is InChI=1S/C18H29N3O2/c1-2-16(10-12-22)20-18(23)19-13-17-9-6-11-21(17)14-15-7-4-3-5-8-15/h3-5,7-8,16-17,22H,2,6,9-14H2,1H3,(H2,19,20,23). The van der Waals surface area contributed by atoms with Gasteiger partial charge in [-0.2, -0.15) is 0 Å². The fraction of sp³-hybridized carbons (Fsp3) is 0.611. The molecule has 0 spiro atoms. The molecule has 1 aromatic rings. The van der Waals surface area contributed by atoms with Gasteiger partial charge in [0.15, 0.2) is 0 Å². The van der Waals surface area contributed by atoms with Crippen LogP contribution in [0.3, 0.4) is 0 Å². The number of benzene rings is 1. The molecule has 5 nitrogen and oxygen atoms in total. The van der Waals surface area contributed by atoms with Crippen LogP contribution in [0.1, 0.15) is 38.2 Å². The highest BCUT2D eigenvalue weighted by Gasteiger charge is 2.24. The Balaban J connectivity index is 1.76. The normalized spacial score (nSPS) is 19.5. The van der Waals surface area contributed by atoms with Gasteiger partial charge in [0.2, 0.25) is 0 Å². The molecule has 1 fully saturated rings. The maximum absolute atomic E-state index is 12.0. The molecule has 0 bridgehead atoms. The zero-order valence-corrected chi connectivity index (χ0v) is 14.0. The van der Waals surface area contributed by atoms with Gasteiger partial charge in [-0.15, -0.1) is 0 Å². The molecular formula is C18H29N3O2. The molecule has 0 saturated carbocycles. The quantitative estimate of drug-likeness (QED) is 0.687. The number of carbonyl (C=O) groups is 1. The molecule has 2 amide bonds. The van der Waals surface area contributed by atoms with Crippen LogP contribution < -0.4 is 10.6 Å². The Hall–Kier alpha value is -1.59. The van der Waals surface area contributed by atoms with Crippen molar-refractivity contribution in [3.05, 3.63) is 35.9 Å². The molecule has 2 atom stereocenters. The Morgan fingerprint density at radius 1 is 1.39 bits per heavy atom. The molecule has 1 heterocycles. The second-order valence-electron chi connectivity index (χ2n) is 6.22. The zero-order chi connectivity index (χ0) is 16.5. The molecule has 128 valence electrons. The van der Waals surface area contributed by atoms with Crippen molar-refractivity contribution in [2.45, 2.75) is 51.2 Å². The van der Waals surface area contributed by atoms with Crippen molar-refractivity contribution in [1.29, 1.82) is 0 Å². The monoisotopic (exact) mass is 319 g/mol. The third-order valence-electron chi connectivity index (χ3n) is 4.53. The molecule has 0 aromatic heterocycles. The summed E-state index contributed by atoms with van der Waals surface area (Å²) < 4.78 is 0. The fourth-order valence-corrected chi connectivity index (χ4v) is 3.13. The number of urea groups is 1. The number of carbonyl (C=O) groups excluding carboxylic acids is 1. The first-order chi connectivity index (χ1) is 11.2. The average molecular weight is 319 g/mol. The number of likely N-dealkylation sites (tertiary alicyclic amines) is 1. The summed E-state index contributed by atoms with van der Waals surface area (Å²) in [6.45, 7) is 4.82. The maximum Gasteiger partial charge on any atom is 0.315 e. The van der Waals surface area contributed by atoms with E-state index in [4.69, 9.17) is 5.11 Å². The van der Waals surface area contributed by atoms with Gasteiger partial charge in [0, 0.05) is 31.8 Å². The summed E-state index contributed by atoms with van der Waals surface area (Å²) >= 11 is 0. The van der Waals surface area contributed by atoms with Gasteiger partial charge < -0.3 is 15.7 Å². The van der Waals surface area contributed by atoms with Crippen molar-refractivity contribution >= 4 is 6.03 Å². The molecule has 2 unspecified atom stereocenters. The Kier molecular flexibility index (Phi) is 7.36. The second kappa shape index (κ2) is 9.53. The maximum atomic E-state index is 12.0. The van der Waals surface area contributed by atoms with Gasteiger partial charge in [-0.3, -0.25) is 4.90 Å². The predicted octanol–water partition coefficient (Wildman–Crippen LogP) is 2.11. The molecular weight excluding hydrogens is 290 g/mol. The number of aliphatic hydroxyl groups is 1. The van der Waals surface area contributed by atoms with Gasteiger partial charge in [-0.05, 0) is 37.8 Å². The summed E-state index contributed by atoms with van der Waals surface area (Å²) in [4.78, 5) is 14.4. The second-order valence-corrected chi connectivity index (χ2v) is 6.22. The summed E-state index contributed by atoms with van der Waals surface area (Å²) in [5, 5.41) is 14.9. The zero-order valence-electron chi connectivity index (χ0n) is 14.0. The largest absolute Gasteiger partial charge is 0.396 e. The highest BCUT2D eigenvalue weighted by Crippen LogP contribution is 2.19. The summed E-state index contributed by atoms with van der Waals surface area (Å²) in [6.07, 6.45) is 3.74. The van der Waals surface area contributed by atoms with Crippen LogP contribution in [-0.4, -0.2) is 47.8 Å². The van der Waals surface area contributed by atoms with Crippen LogP contribution in [0.4, 0.5) is 4.79 Å². The number of hydrogen-bond donors (Lipinski definition) is 3. The molecule has 23 heavy (non-hydrogen) atoms. The third kappa shape index (κ3) is 5.84. The van der Waals surface area contributed by atoms with E-state index in [1.165, 1.54) is 12.0 Å². The number of nitrogens with one attached hydrogen (secondary N) is 2. The Labute approximate surface area is 139 Å². The summed E-state index contributed by atoms with van der Waals surface area (Å²) in [7, 11) is 0. The molecule has 2 rings (SSSR count). The van der Waals surface area contributed by atoms with Crippen molar-refractivity contribution in [1.82, 2.24) is 15.5 Å². The lowest BCUT2D eigenvalue weighted by molar-refractivity contribution is 0.215. The van der Waals surface area contributed by atoms with Crippen LogP contribution >= 0.6 is 0 Å². The summed E-state index contributed by atoms with van der Waals surface area (Å²) in [5.41, 5.74) is 1.32. The lowest BCUT2D eigenvalue weighted by atomic mass is 10.1. The van der Waals surface area contributed by atoms with E-state index in [0.29, 0.717) is 19.0 Å². The van der Waals surface area contributed by atoms with Crippen LogP contribution in [-0.2, 0) is 6.54 Å². The fourth-order valence-electron chi connectivity index (χ4n) is 3.13. The predicted molar refractivity (Wildman–Crippen MR) is 92.2 cm³/mol. The minimum atomic E-state index is -0.128. The number of rotatable bonds is 8. The van der Waals surface area contributed by atoms with Crippen LogP contribution in [0.25, 0.3) is 0 Å². The topological polar surface area (TPSA) is 64.6 Å². The van der Waals surface area contributed by atoms with Gasteiger partial charge >= 0.3 is 6.03 Å². The van der Waals surface area contributed by atoms with E-state index >= 15 is 0 Å². The lowest BCUT2D eigenvalue weighted by Crippen LogP contribution is -2.46. The number of aliphatic hydroxyl groups excluding tert-OH is 1. The van der Waals surface area contributed by atoms with Gasteiger partial charge in [-0.25, -0.2) is 4.79 Å². The van der Waals surface area contributed by atoms with Crippen molar-refractivity contribution < 1.29 is 9.90 Å². The van der Waals surface area contributed by atoms with E-state index in [1.807, 2.05) is 13.0 Å². The van der Waals surface area contributed by atoms with Crippen LogP contribution in [0, 0.1) is 0 Å². The first kappa shape index (κ1) is 17.8. The van der Waals surface area contributed by atoms with Gasteiger partial charge in [-0.1, -0.05) is 37.3 Å². The van der Waals surface area contributed by atoms with E-state index in [2.05, 4.69) is 39.8 Å². The van der Waals surface area contributed by atoms with Crippen molar-refractivity contribution in [2.75, 3.05) is 19.7 Å². The van der Waals surface area contributed by atoms with Gasteiger partial charge in [0.25, 0.3) is 0 Å². The van der Waals surface area contributed by atoms with E-state index in [0.717, 1.165) is 25.9 Å². The lowest BCUT2D eigenvalue weighted by Gasteiger charge is -2.25. The summed E-state index contributed by atoms with van der Waals surface area (Å²) in [5.74, 6) is 0.